The van der Waals surface area contributed by atoms with Gasteiger partial charge in [-0.05, 0) is 13.0 Å². The first-order valence-corrected chi connectivity index (χ1v) is 6.66. The molecule has 1 rings (SSSR count). The summed E-state index contributed by atoms with van der Waals surface area (Å²) in [6.07, 6.45) is 3.12. The largest absolute Gasteiger partial charge is 0.356 e. The van der Waals surface area contributed by atoms with Gasteiger partial charge in [-0.3, -0.25) is 4.79 Å². The fourth-order valence-corrected chi connectivity index (χ4v) is 2.54. The molecule has 1 amide bonds. The minimum absolute atomic E-state index is 0.0826. The zero-order valence-electron chi connectivity index (χ0n) is 9.21. The maximum Gasteiger partial charge on any atom is 0.223 e. The lowest BCUT2D eigenvalue weighted by Gasteiger charge is -2.25. The van der Waals surface area contributed by atoms with Crippen molar-refractivity contribution in [2.24, 2.45) is 0 Å². The Balaban J connectivity index is 1.95. The van der Waals surface area contributed by atoms with Gasteiger partial charge in [0.25, 0.3) is 0 Å². The van der Waals surface area contributed by atoms with E-state index in [0.717, 1.165) is 19.5 Å². The van der Waals surface area contributed by atoms with E-state index in [0.29, 0.717) is 6.42 Å². The molecule has 4 heteroatoms. The molecule has 1 aliphatic rings. The monoisotopic (exact) mass is 228 g/mol. The summed E-state index contributed by atoms with van der Waals surface area (Å²) in [4.78, 5) is 13.6. The molecule has 0 aromatic heterocycles. The number of rotatable bonds is 6. The van der Waals surface area contributed by atoms with E-state index < -0.39 is 0 Å². The highest BCUT2D eigenvalue weighted by atomic mass is 32.2. The Labute approximate surface area is 96.3 Å². The Morgan fingerprint density at radius 3 is 2.87 bits per heavy atom. The molecule has 0 unspecified atom stereocenters. The SMILES string of the molecule is C=CCC(=O)NCCCN1CCSCC1. The topological polar surface area (TPSA) is 32.3 Å². The second-order valence-corrected chi connectivity index (χ2v) is 4.88. The van der Waals surface area contributed by atoms with E-state index in [-0.39, 0.29) is 5.91 Å². The van der Waals surface area contributed by atoms with Crippen molar-refractivity contribution in [3.8, 4) is 0 Å². The van der Waals surface area contributed by atoms with Crippen LogP contribution in [-0.4, -0.2) is 48.5 Å². The Morgan fingerprint density at radius 2 is 2.20 bits per heavy atom. The van der Waals surface area contributed by atoms with Gasteiger partial charge in [-0.15, -0.1) is 6.58 Å². The summed E-state index contributed by atoms with van der Waals surface area (Å²) in [6.45, 7) is 7.82. The Morgan fingerprint density at radius 1 is 1.47 bits per heavy atom. The molecule has 15 heavy (non-hydrogen) atoms. The molecule has 1 N–H and O–H groups in total. The van der Waals surface area contributed by atoms with Gasteiger partial charge in [-0.1, -0.05) is 6.08 Å². The van der Waals surface area contributed by atoms with E-state index in [4.69, 9.17) is 0 Å². The summed E-state index contributed by atoms with van der Waals surface area (Å²) in [6, 6.07) is 0. The Kier molecular flexibility index (Phi) is 6.52. The van der Waals surface area contributed by atoms with Gasteiger partial charge in [0.2, 0.25) is 5.91 Å². The predicted octanol–water partition coefficient (Wildman–Crippen LogP) is 1.12. The molecule has 1 heterocycles. The van der Waals surface area contributed by atoms with Crippen molar-refractivity contribution in [1.82, 2.24) is 10.2 Å². The summed E-state index contributed by atoms with van der Waals surface area (Å²) in [5.41, 5.74) is 0. The second kappa shape index (κ2) is 7.77. The lowest BCUT2D eigenvalue weighted by Crippen LogP contribution is -2.35. The molecular weight excluding hydrogens is 208 g/mol. The van der Waals surface area contributed by atoms with E-state index in [2.05, 4.69) is 16.8 Å². The number of nitrogens with zero attached hydrogens (tertiary/aromatic N) is 1. The highest BCUT2D eigenvalue weighted by Gasteiger charge is 2.09. The van der Waals surface area contributed by atoms with E-state index in [9.17, 15) is 4.79 Å². The molecule has 1 aliphatic heterocycles. The number of amides is 1. The summed E-state index contributed by atoms with van der Waals surface area (Å²) in [5, 5.41) is 2.88. The summed E-state index contributed by atoms with van der Waals surface area (Å²) in [5.74, 6) is 2.59. The van der Waals surface area contributed by atoms with E-state index >= 15 is 0 Å². The normalized spacial score (nSPS) is 17.3. The lowest BCUT2D eigenvalue weighted by molar-refractivity contribution is -0.120. The minimum atomic E-state index is 0.0826. The Bertz CT molecular complexity index is 203. The lowest BCUT2D eigenvalue weighted by atomic mass is 10.3. The van der Waals surface area contributed by atoms with Gasteiger partial charge < -0.3 is 10.2 Å². The quantitative estimate of drug-likeness (QED) is 0.546. The van der Waals surface area contributed by atoms with Gasteiger partial charge in [-0.2, -0.15) is 11.8 Å². The number of carbonyl (C=O) groups is 1. The zero-order valence-corrected chi connectivity index (χ0v) is 10.0. The summed E-state index contributed by atoms with van der Waals surface area (Å²) < 4.78 is 0. The van der Waals surface area contributed by atoms with Crippen LogP contribution < -0.4 is 5.32 Å². The number of carbonyl (C=O) groups excluding carboxylic acids is 1. The maximum atomic E-state index is 11.1. The number of nitrogens with one attached hydrogen (secondary N) is 1. The minimum Gasteiger partial charge on any atom is -0.356 e. The van der Waals surface area contributed by atoms with Crippen LogP contribution in [0.4, 0.5) is 0 Å². The zero-order chi connectivity index (χ0) is 10.9. The van der Waals surface area contributed by atoms with Crippen LogP contribution in [0.25, 0.3) is 0 Å². The van der Waals surface area contributed by atoms with E-state index in [1.807, 2.05) is 11.8 Å². The first kappa shape index (κ1) is 12.6. The predicted molar refractivity (Wildman–Crippen MR) is 66.2 cm³/mol. The van der Waals surface area contributed by atoms with Crippen LogP contribution in [0.1, 0.15) is 12.8 Å². The van der Waals surface area contributed by atoms with Crippen LogP contribution in [0.15, 0.2) is 12.7 Å². The van der Waals surface area contributed by atoms with Crippen molar-refractivity contribution in [3.63, 3.8) is 0 Å². The molecule has 1 fully saturated rings. The number of thioether (sulfide) groups is 1. The van der Waals surface area contributed by atoms with E-state index in [1.165, 1.54) is 24.6 Å². The van der Waals surface area contributed by atoms with Crippen molar-refractivity contribution in [1.29, 1.82) is 0 Å². The van der Waals surface area contributed by atoms with Crippen LogP contribution in [0.3, 0.4) is 0 Å². The van der Waals surface area contributed by atoms with Crippen LogP contribution >= 0.6 is 11.8 Å². The second-order valence-electron chi connectivity index (χ2n) is 3.65. The van der Waals surface area contributed by atoms with Gasteiger partial charge in [0, 0.05) is 37.6 Å². The molecule has 0 bridgehead atoms. The third-order valence-corrected chi connectivity index (χ3v) is 3.35. The van der Waals surface area contributed by atoms with Crippen molar-refractivity contribution >= 4 is 17.7 Å². The van der Waals surface area contributed by atoms with E-state index in [1.54, 1.807) is 6.08 Å². The number of hydrogen-bond donors (Lipinski definition) is 1. The molecule has 0 aliphatic carbocycles. The molecule has 1 saturated heterocycles. The van der Waals surface area contributed by atoms with Gasteiger partial charge in [0.15, 0.2) is 0 Å². The average molecular weight is 228 g/mol. The first-order chi connectivity index (χ1) is 7.33. The van der Waals surface area contributed by atoms with Crippen molar-refractivity contribution in [2.45, 2.75) is 12.8 Å². The molecule has 0 aromatic carbocycles. The molecule has 0 saturated carbocycles. The third kappa shape index (κ3) is 5.85. The molecule has 0 radical (unpaired) electrons. The van der Waals surface area contributed by atoms with Crippen LogP contribution in [0.2, 0.25) is 0 Å². The average Bonchev–Trinajstić information content (AvgIpc) is 2.26. The maximum absolute atomic E-state index is 11.1. The molecule has 0 aromatic rings. The van der Waals surface area contributed by atoms with Crippen LogP contribution in [-0.2, 0) is 4.79 Å². The van der Waals surface area contributed by atoms with Crippen LogP contribution in [0, 0.1) is 0 Å². The van der Waals surface area contributed by atoms with Crippen molar-refractivity contribution in [3.05, 3.63) is 12.7 Å². The van der Waals surface area contributed by atoms with Crippen LogP contribution in [0.5, 0.6) is 0 Å². The van der Waals surface area contributed by atoms with Gasteiger partial charge in [0.05, 0.1) is 0 Å². The summed E-state index contributed by atoms with van der Waals surface area (Å²) in [7, 11) is 0. The first-order valence-electron chi connectivity index (χ1n) is 5.50. The molecule has 3 nitrogen and oxygen atoms in total. The smallest absolute Gasteiger partial charge is 0.223 e. The van der Waals surface area contributed by atoms with Gasteiger partial charge >= 0.3 is 0 Å². The van der Waals surface area contributed by atoms with Gasteiger partial charge in [-0.25, -0.2) is 0 Å². The van der Waals surface area contributed by atoms with Crippen molar-refractivity contribution < 1.29 is 4.79 Å². The standard InChI is InChI=1S/C11H20N2OS/c1-2-4-11(14)12-5-3-6-13-7-9-15-10-8-13/h2H,1,3-10H2,(H,12,14). The highest BCUT2D eigenvalue weighted by molar-refractivity contribution is 7.99. The highest BCUT2D eigenvalue weighted by Crippen LogP contribution is 2.08. The molecule has 0 atom stereocenters. The molecule has 86 valence electrons. The Hall–Kier alpha value is -0.480. The number of hydrogen-bond acceptors (Lipinski definition) is 3. The third-order valence-electron chi connectivity index (χ3n) is 2.41. The molecular formula is C11H20N2OS. The fraction of sp³-hybridized carbons (Fsp3) is 0.727. The summed E-state index contributed by atoms with van der Waals surface area (Å²) >= 11 is 2.03. The molecule has 0 spiro atoms. The van der Waals surface area contributed by atoms with Gasteiger partial charge in [0.1, 0.15) is 0 Å². The van der Waals surface area contributed by atoms with Crippen molar-refractivity contribution in [2.75, 3.05) is 37.7 Å². The fourth-order valence-electron chi connectivity index (χ4n) is 1.56.